The molecular formula is C12H20N2O2S. The van der Waals surface area contributed by atoms with Gasteiger partial charge in [-0.05, 0) is 17.5 Å². The first-order valence-corrected chi connectivity index (χ1v) is 7.24. The molecular weight excluding hydrogens is 236 g/mol. The second kappa shape index (κ2) is 5.51. The molecule has 96 valence electrons. The highest BCUT2D eigenvalue weighted by atomic mass is 32.2. The third kappa shape index (κ3) is 3.44. The fraction of sp³-hybridized carbons (Fsp3) is 0.500. The molecule has 0 amide bonds. The fourth-order valence-electron chi connectivity index (χ4n) is 1.67. The minimum absolute atomic E-state index is 0.104. The summed E-state index contributed by atoms with van der Waals surface area (Å²) < 4.78 is 25.5. The van der Waals surface area contributed by atoms with E-state index >= 15 is 0 Å². The van der Waals surface area contributed by atoms with Crippen LogP contribution >= 0.6 is 0 Å². The van der Waals surface area contributed by atoms with Crippen LogP contribution in [0.25, 0.3) is 0 Å². The third-order valence-corrected chi connectivity index (χ3v) is 4.63. The minimum atomic E-state index is -3.27. The molecule has 0 heterocycles. The Hall–Kier alpha value is -1.07. The average molecular weight is 256 g/mol. The molecule has 0 fully saturated rings. The zero-order chi connectivity index (χ0) is 13.1. The van der Waals surface area contributed by atoms with Crippen molar-refractivity contribution in [2.75, 3.05) is 17.1 Å². The maximum absolute atomic E-state index is 12.1. The number of hydrogen-bond donors (Lipinski definition) is 1. The molecule has 0 bridgehead atoms. The summed E-state index contributed by atoms with van der Waals surface area (Å²) in [5.41, 5.74) is 7.11. The number of para-hydroxylation sites is 1. The molecule has 1 aromatic rings. The van der Waals surface area contributed by atoms with Crippen LogP contribution in [-0.2, 0) is 16.6 Å². The molecule has 17 heavy (non-hydrogen) atoms. The van der Waals surface area contributed by atoms with Crippen LogP contribution in [0.15, 0.2) is 24.3 Å². The van der Waals surface area contributed by atoms with Gasteiger partial charge in [0, 0.05) is 13.6 Å². The van der Waals surface area contributed by atoms with Crippen molar-refractivity contribution in [1.82, 2.24) is 0 Å². The summed E-state index contributed by atoms with van der Waals surface area (Å²) in [6.07, 6.45) is 0. The van der Waals surface area contributed by atoms with Crippen LogP contribution in [0.1, 0.15) is 19.4 Å². The highest BCUT2D eigenvalue weighted by Crippen LogP contribution is 2.22. The Labute approximate surface area is 103 Å². The van der Waals surface area contributed by atoms with E-state index in [0.717, 1.165) is 5.56 Å². The smallest absolute Gasteiger partial charge is 0.235 e. The van der Waals surface area contributed by atoms with Gasteiger partial charge in [-0.1, -0.05) is 32.0 Å². The number of hydrogen-bond acceptors (Lipinski definition) is 3. The number of sulfonamides is 1. The summed E-state index contributed by atoms with van der Waals surface area (Å²) in [7, 11) is -1.69. The number of nitrogens with two attached hydrogens (primary N) is 1. The van der Waals surface area contributed by atoms with E-state index in [9.17, 15) is 8.42 Å². The second-order valence-electron chi connectivity index (χ2n) is 4.47. The molecule has 0 aliphatic carbocycles. The molecule has 0 saturated heterocycles. The standard InChI is InChI=1S/C12H20N2O2S/c1-10(2)9-17(15,16)14(3)12-7-5-4-6-11(12)8-13/h4-7,10H,8-9,13H2,1-3H3. The van der Waals surface area contributed by atoms with Gasteiger partial charge in [-0.3, -0.25) is 4.31 Å². The highest BCUT2D eigenvalue weighted by Gasteiger charge is 2.21. The molecule has 5 heteroatoms. The zero-order valence-electron chi connectivity index (χ0n) is 10.6. The van der Waals surface area contributed by atoms with E-state index < -0.39 is 10.0 Å². The van der Waals surface area contributed by atoms with E-state index in [-0.39, 0.29) is 11.7 Å². The first-order chi connectivity index (χ1) is 7.88. The van der Waals surface area contributed by atoms with E-state index in [1.807, 2.05) is 32.0 Å². The van der Waals surface area contributed by atoms with E-state index in [2.05, 4.69) is 0 Å². The number of anilines is 1. The van der Waals surface area contributed by atoms with Crippen molar-refractivity contribution < 1.29 is 8.42 Å². The number of benzene rings is 1. The van der Waals surface area contributed by atoms with Gasteiger partial charge >= 0.3 is 0 Å². The zero-order valence-corrected chi connectivity index (χ0v) is 11.4. The van der Waals surface area contributed by atoms with Crippen LogP contribution in [0.4, 0.5) is 5.69 Å². The van der Waals surface area contributed by atoms with Crippen molar-refractivity contribution in [3.05, 3.63) is 29.8 Å². The summed E-state index contributed by atoms with van der Waals surface area (Å²) in [5, 5.41) is 0. The largest absolute Gasteiger partial charge is 0.326 e. The lowest BCUT2D eigenvalue weighted by atomic mass is 10.2. The van der Waals surface area contributed by atoms with E-state index in [1.54, 1.807) is 13.1 Å². The van der Waals surface area contributed by atoms with Crippen LogP contribution in [-0.4, -0.2) is 21.2 Å². The minimum Gasteiger partial charge on any atom is -0.326 e. The van der Waals surface area contributed by atoms with Gasteiger partial charge in [0.1, 0.15) is 0 Å². The Morgan fingerprint density at radius 3 is 2.41 bits per heavy atom. The topological polar surface area (TPSA) is 63.4 Å². The lowest BCUT2D eigenvalue weighted by Crippen LogP contribution is -2.31. The van der Waals surface area contributed by atoms with Crippen molar-refractivity contribution in [3.8, 4) is 0 Å². The molecule has 0 unspecified atom stereocenters. The Bertz CT molecular complexity index is 469. The van der Waals surface area contributed by atoms with Crippen molar-refractivity contribution in [2.45, 2.75) is 20.4 Å². The average Bonchev–Trinajstić information content (AvgIpc) is 2.26. The SMILES string of the molecule is CC(C)CS(=O)(=O)N(C)c1ccccc1CN. The van der Waals surface area contributed by atoms with Crippen LogP contribution in [0.2, 0.25) is 0 Å². The molecule has 0 aromatic heterocycles. The quantitative estimate of drug-likeness (QED) is 0.869. The molecule has 0 spiro atoms. The maximum Gasteiger partial charge on any atom is 0.235 e. The first kappa shape index (κ1) is 14.0. The Balaban J connectivity index is 3.08. The lowest BCUT2D eigenvalue weighted by Gasteiger charge is -2.22. The van der Waals surface area contributed by atoms with Crippen LogP contribution in [0.3, 0.4) is 0 Å². The van der Waals surface area contributed by atoms with Gasteiger partial charge in [0.2, 0.25) is 10.0 Å². The molecule has 0 aliphatic heterocycles. The Morgan fingerprint density at radius 2 is 1.88 bits per heavy atom. The monoisotopic (exact) mass is 256 g/mol. The van der Waals surface area contributed by atoms with Crippen molar-refractivity contribution >= 4 is 15.7 Å². The molecule has 2 N–H and O–H groups in total. The summed E-state index contributed by atoms with van der Waals surface area (Å²) in [6, 6.07) is 7.29. The maximum atomic E-state index is 12.1. The number of nitrogens with zero attached hydrogens (tertiary/aromatic N) is 1. The summed E-state index contributed by atoms with van der Waals surface area (Å²) in [4.78, 5) is 0. The predicted octanol–water partition coefficient (Wildman–Crippen LogP) is 1.57. The van der Waals surface area contributed by atoms with E-state index in [0.29, 0.717) is 12.2 Å². The molecule has 4 nitrogen and oxygen atoms in total. The van der Waals surface area contributed by atoms with Crippen LogP contribution < -0.4 is 10.0 Å². The Kier molecular flexibility index (Phi) is 4.54. The van der Waals surface area contributed by atoms with Gasteiger partial charge < -0.3 is 5.73 Å². The molecule has 1 aromatic carbocycles. The first-order valence-electron chi connectivity index (χ1n) is 5.63. The summed E-state index contributed by atoms with van der Waals surface area (Å²) in [5.74, 6) is 0.245. The van der Waals surface area contributed by atoms with Crippen LogP contribution in [0, 0.1) is 5.92 Å². The highest BCUT2D eigenvalue weighted by molar-refractivity contribution is 7.92. The van der Waals surface area contributed by atoms with Gasteiger partial charge in [0.15, 0.2) is 0 Å². The number of rotatable bonds is 5. The van der Waals surface area contributed by atoms with E-state index in [4.69, 9.17) is 5.73 Å². The molecule has 0 aliphatic rings. The molecule has 0 radical (unpaired) electrons. The summed E-state index contributed by atoms with van der Waals surface area (Å²) >= 11 is 0. The Morgan fingerprint density at radius 1 is 1.29 bits per heavy atom. The van der Waals surface area contributed by atoms with Gasteiger partial charge in [0.25, 0.3) is 0 Å². The predicted molar refractivity (Wildman–Crippen MR) is 71.4 cm³/mol. The van der Waals surface area contributed by atoms with Crippen molar-refractivity contribution in [1.29, 1.82) is 0 Å². The lowest BCUT2D eigenvalue weighted by molar-refractivity contribution is 0.580. The third-order valence-electron chi connectivity index (χ3n) is 2.51. The van der Waals surface area contributed by atoms with Gasteiger partial charge in [-0.25, -0.2) is 8.42 Å². The fourth-order valence-corrected chi connectivity index (χ4v) is 3.22. The molecule has 0 saturated carbocycles. The van der Waals surface area contributed by atoms with Crippen LogP contribution in [0.5, 0.6) is 0 Å². The molecule has 0 atom stereocenters. The van der Waals surface area contributed by atoms with Gasteiger partial charge in [-0.15, -0.1) is 0 Å². The normalized spacial score (nSPS) is 11.8. The van der Waals surface area contributed by atoms with Crippen molar-refractivity contribution in [3.63, 3.8) is 0 Å². The van der Waals surface area contributed by atoms with E-state index in [1.165, 1.54) is 4.31 Å². The van der Waals surface area contributed by atoms with Gasteiger partial charge in [-0.2, -0.15) is 0 Å². The van der Waals surface area contributed by atoms with Gasteiger partial charge in [0.05, 0.1) is 11.4 Å². The second-order valence-corrected chi connectivity index (χ2v) is 6.52. The summed E-state index contributed by atoms with van der Waals surface area (Å²) in [6.45, 7) is 4.11. The van der Waals surface area contributed by atoms with Crippen molar-refractivity contribution in [2.24, 2.45) is 11.7 Å². The molecule has 1 rings (SSSR count).